The highest BCUT2D eigenvalue weighted by Crippen LogP contribution is 2.32. The van der Waals surface area contributed by atoms with Crippen LogP contribution in [-0.4, -0.2) is 30.1 Å². The van der Waals surface area contributed by atoms with E-state index >= 15 is 0 Å². The van der Waals surface area contributed by atoms with Crippen molar-refractivity contribution in [3.8, 4) is 33.9 Å². The van der Waals surface area contributed by atoms with E-state index in [0.717, 1.165) is 55.8 Å². The number of pyridine rings is 2. The molecule has 0 radical (unpaired) electrons. The average molecular weight is 394 g/mol. The molecule has 0 aliphatic carbocycles. The Morgan fingerprint density at radius 3 is 2.59 bits per heavy atom. The molecule has 0 bridgehead atoms. The lowest BCUT2D eigenvalue weighted by Gasteiger charge is -2.01. The molecule has 0 spiro atoms. The predicted molar refractivity (Wildman–Crippen MR) is 116 cm³/mol. The summed E-state index contributed by atoms with van der Waals surface area (Å²) in [6, 6.07) is 14.3. The topological polar surface area (TPSA) is 83.1 Å². The summed E-state index contributed by atoms with van der Waals surface area (Å²) < 4.78 is 0. The van der Waals surface area contributed by atoms with Crippen LogP contribution in [0.25, 0.3) is 55.8 Å². The van der Waals surface area contributed by atoms with Crippen molar-refractivity contribution in [1.29, 1.82) is 0 Å². The largest absolute Gasteiger partial charge is 0.336 e. The molecule has 6 nitrogen and oxygen atoms in total. The molecule has 0 amide bonds. The van der Waals surface area contributed by atoms with Gasteiger partial charge in [0.1, 0.15) is 11.2 Å². The Balaban J connectivity index is 1.53. The first-order valence-corrected chi connectivity index (χ1v) is 10.1. The molecule has 0 fully saturated rings. The minimum absolute atomic E-state index is 0.725. The van der Waals surface area contributed by atoms with E-state index in [1.54, 1.807) is 23.7 Å². The van der Waals surface area contributed by atoms with Gasteiger partial charge in [0.05, 0.1) is 16.7 Å². The van der Waals surface area contributed by atoms with Crippen molar-refractivity contribution in [1.82, 2.24) is 30.1 Å². The van der Waals surface area contributed by atoms with Crippen molar-refractivity contribution in [3.05, 3.63) is 71.8 Å². The number of imidazole rings is 1. The van der Waals surface area contributed by atoms with Crippen LogP contribution in [0.4, 0.5) is 0 Å². The monoisotopic (exact) mass is 394 g/mol. The van der Waals surface area contributed by atoms with E-state index in [0.29, 0.717) is 0 Å². The molecule has 6 rings (SSSR count). The highest BCUT2D eigenvalue weighted by Gasteiger charge is 2.16. The Morgan fingerprint density at radius 2 is 1.72 bits per heavy atom. The third kappa shape index (κ3) is 2.63. The third-order valence-electron chi connectivity index (χ3n) is 5.00. The van der Waals surface area contributed by atoms with Crippen LogP contribution < -0.4 is 0 Å². The van der Waals surface area contributed by atoms with Gasteiger partial charge in [0, 0.05) is 34.9 Å². The van der Waals surface area contributed by atoms with Crippen LogP contribution >= 0.6 is 11.3 Å². The van der Waals surface area contributed by atoms with Gasteiger partial charge < -0.3 is 4.98 Å². The van der Waals surface area contributed by atoms with Gasteiger partial charge in [0.15, 0.2) is 5.82 Å². The number of fused-ring (bicyclic) bond motifs is 2. The fourth-order valence-electron chi connectivity index (χ4n) is 3.58. The summed E-state index contributed by atoms with van der Waals surface area (Å²) in [5.74, 6) is 0.725. The summed E-state index contributed by atoms with van der Waals surface area (Å²) in [6.07, 6.45) is 5.41. The van der Waals surface area contributed by atoms with Gasteiger partial charge >= 0.3 is 0 Å². The first-order valence-electron chi connectivity index (χ1n) is 9.13. The number of nitrogens with one attached hydrogen (secondary N) is 2. The van der Waals surface area contributed by atoms with E-state index in [-0.39, 0.29) is 0 Å². The van der Waals surface area contributed by atoms with Gasteiger partial charge in [0.25, 0.3) is 0 Å². The molecule has 0 unspecified atom stereocenters. The zero-order valence-corrected chi connectivity index (χ0v) is 15.9. The quantitative estimate of drug-likeness (QED) is 0.427. The summed E-state index contributed by atoms with van der Waals surface area (Å²) in [7, 11) is 0. The van der Waals surface area contributed by atoms with Crippen molar-refractivity contribution in [3.63, 3.8) is 0 Å². The molecule has 0 saturated heterocycles. The summed E-state index contributed by atoms with van der Waals surface area (Å²) in [6.45, 7) is 0. The number of aromatic nitrogens is 6. The summed E-state index contributed by atoms with van der Waals surface area (Å²) in [5, 5.41) is 12.8. The zero-order valence-electron chi connectivity index (χ0n) is 15.1. The first-order chi connectivity index (χ1) is 14.4. The fourth-order valence-corrected chi connectivity index (χ4v) is 4.22. The highest BCUT2D eigenvalue weighted by atomic mass is 32.1. The second kappa shape index (κ2) is 6.35. The van der Waals surface area contributed by atoms with Crippen LogP contribution in [0.2, 0.25) is 0 Å². The Bertz CT molecular complexity index is 1450. The molecule has 6 aromatic rings. The van der Waals surface area contributed by atoms with Crippen molar-refractivity contribution in [2.75, 3.05) is 0 Å². The third-order valence-corrected chi connectivity index (χ3v) is 5.68. The van der Waals surface area contributed by atoms with Crippen LogP contribution in [0.1, 0.15) is 0 Å². The SMILES string of the molecule is c1cc(-c2ccc3[nH]nc(-c4nc5c(-c6ccsc6)nccc5[nH]4)c3c2)ccn1. The molecular weight excluding hydrogens is 380 g/mol. The van der Waals surface area contributed by atoms with Crippen molar-refractivity contribution >= 4 is 33.3 Å². The fraction of sp³-hybridized carbons (Fsp3) is 0. The number of nitrogens with zero attached hydrogens (tertiary/aromatic N) is 4. The van der Waals surface area contributed by atoms with E-state index in [9.17, 15) is 0 Å². The van der Waals surface area contributed by atoms with Gasteiger partial charge in [0.2, 0.25) is 0 Å². The Kier molecular flexibility index (Phi) is 3.54. The highest BCUT2D eigenvalue weighted by molar-refractivity contribution is 7.08. The smallest absolute Gasteiger partial charge is 0.159 e. The second-order valence-corrected chi connectivity index (χ2v) is 7.50. The second-order valence-electron chi connectivity index (χ2n) is 6.72. The lowest BCUT2D eigenvalue weighted by molar-refractivity contribution is 1.11. The molecule has 5 heterocycles. The van der Waals surface area contributed by atoms with Gasteiger partial charge in [-0.2, -0.15) is 16.4 Å². The summed E-state index contributed by atoms with van der Waals surface area (Å²) in [4.78, 5) is 16.9. The lowest BCUT2D eigenvalue weighted by atomic mass is 10.0. The van der Waals surface area contributed by atoms with Crippen LogP contribution in [0.5, 0.6) is 0 Å². The Labute approximate surface area is 169 Å². The molecule has 138 valence electrons. The van der Waals surface area contributed by atoms with Gasteiger partial charge in [-0.05, 0) is 52.9 Å². The van der Waals surface area contributed by atoms with Crippen molar-refractivity contribution < 1.29 is 0 Å². The predicted octanol–water partition coefficient (Wildman–Crippen LogP) is 5.29. The molecule has 5 aromatic heterocycles. The summed E-state index contributed by atoms with van der Waals surface area (Å²) >= 11 is 1.65. The van der Waals surface area contributed by atoms with Crippen LogP contribution in [0.15, 0.2) is 71.8 Å². The van der Waals surface area contributed by atoms with E-state index in [2.05, 4.69) is 48.7 Å². The van der Waals surface area contributed by atoms with E-state index in [1.807, 2.05) is 35.8 Å². The van der Waals surface area contributed by atoms with Crippen molar-refractivity contribution in [2.24, 2.45) is 0 Å². The maximum atomic E-state index is 4.86. The normalized spacial score (nSPS) is 11.4. The van der Waals surface area contributed by atoms with Gasteiger partial charge in [-0.1, -0.05) is 6.07 Å². The number of hydrogen-bond acceptors (Lipinski definition) is 5. The van der Waals surface area contributed by atoms with E-state index in [1.165, 1.54) is 0 Å². The van der Waals surface area contributed by atoms with Gasteiger partial charge in [-0.25, -0.2) is 4.98 Å². The van der Waals surface area contributed by atoms with Gasteiger partial charge in [-0.15, -0.1) is 0 Å². The maximum Gasteiger partial charge on any atom is 0.159 e. The number of aromatic amines is 2. The number of rotatable bonds is 3. The average Bonchev–Trinajstić information content (AvgIpc) is 3.52. The van der Waals surface area contributed by atoms with E-state index < -0.39 is 0 Å². The Morgan fingerprint density at radius 1 is 0.793 bits per heavy atom. The number of benzene rings is 1. The zero-order chi connectivity index (χ0) is 19.2. The summed E-state index contributed by atoms with van der Waals surface area (Å²) in [5.41, 5.74) is 7.73. The molecule has 29 heavy (non-hydrogen) atoms. The molecule has 1 aromatic carbocycles. The van der Waals surface area contributed by atoms with Crippen molar-refractivity contribution in [2.45, 2.75) is 0 Å². The van der Waals surface area contributed by atoms with E-state index in [4.69, 9.17) is 4.98 Å². The van der Waals surface area contributed by atoms with Crippen LogP contribution in [0, 0.1) is 0 Å². The molecule has 2 N–H and O–H groups in total. The molecule has 7 heteroatoms. The molecule has 0 atom stereocenters. The first kappa shape index (κ1) is 16.1. The molecule has 0 aliphatic rings. The molecule has 0 saturated carbocycles. The number of hydrogen-bond donors (Lipinski definition) is 2. The molecule has 0 aliphatic heterocycles. The number of thiophene rings is 1. The minimum Gasteiger partial charge on any atom is -0.336 e. The number of H-pyrrole nitrogens is 2. The standard InChI is InChI=1S/C22H14N6S/c1-2-17-16(11-14(1)13-3-7-23-8-4-13)20(28-27-17)22-25-18-5-9-24-19(21(18)26-22)15-6-10-29-12-15/h1-12H,(H,25,26)(H,27,28). The Hall–Kier alpha value is -3.84. The lowest BCUT2D eigenvalue weighted by Crippen LogP contribution is -1.84. The maximum absolute atomic E-state index is 4.86. The minimum atomic E-state index is 0.725. The van der Waals surface area contributed by atoms with Crippen LogP contribution in [0.3, 0.4) is 0 Å². The molecular formula is C22H14N6S. The van der Waals surface area contributed by atoms with Crippen LogP contribution in [-0.2, 0) is 0 Å². The van der Waals surface area contributed by atoms with Gasteiger partial charge in [-0.3, -0.25) is 15.1 Å².